The molecule has 7 heteroatoms. The zero-order chi connectivity index (χ0) is 18.0. The van der Waals surface area contributed by atoms with Crippen LogP contribution in [0.1, 0.15) is 17.5 Å². The standard InChI is InChI=1S/C18H22N4O2S/c1-13-6-4-7-14(10-13)11-25-9-5-8-22-17(23)15-16(19-12-20(15)2)21(3)18(22)24/h4,6-7,10,12H,5,8-9,11H2,1-3H3. The summed E-state index contributed by atoms with van der Waals surface area (Å²) < 4.78 is 4.42. The van der Waals surface area contributed by atoms with Crippen LogP contribution in [0.3, 0.4) is 0 Å². The predicted molar refractivity (Wildman–Crippen MR) is 102 cm³/mol. The molecule has 0 aliphatic rings. The summed E-state index contributed by atoms with van der Waals surface area (Å²) in [4.78, 5) is 29.1. The van der Waals surface area contributed by atoms with Gasteiger partial charge < -0.3 is 4.57 Å². The number of hydrogen-bond donors (Lipinski definition) is 0. The van der Waals surface area contributed by atoms with Gasteiger partial charge in [0, 0.05) is 26.4 Å². The number of imidazole rings is 1. The van der Waals surface area contributed by atoms with Gasteiger partial charge in [-0.1, -0.05) is 29.8 Å². The van der Waals surface area contributed by atoms with E-state index in [1.54, 1.807) is 25.0 Å². The fraction of sp³-hybridized carbons (Fsp3) is 0.389. The van der Waals surface area contributed by atoms with Crippen molar-refractivity contribution in [2.24, 2.45) is 14.1 Å². The Kier molecular flexibility index (Phi) is 5.13. The van der Waals surface area contributed by atoms with Crippen molar-refractivity contribution in [2.45, 2.75) is 25.6 Å². The molecule has 2 heterocycles. The Bertz CT molecular complexity index is 1020. The molecule has 0 spiro atoms. The quantitative estimate of drug-likeness (QED) is 0.633. The molecule has 0 atom stereocenters. The molecule has 132 valence electrons. The molecular formula is C18H22N4O2S. The third-order valence-corrected chi connectivity index (χ3v) is 5.34. The molecule has 0 N–H and O–H groups in total. The molecule has 0 radical (unpaired) electrons. The first-order chi connectivity index (χ1) is 12.0. The van der Waals surface area contributed by atoms with Crippen molar-refractivity contribution in [3.05, 3.63) is 62.6 Å². The van der Waals surface area contributed by atoms with E-state index in [0.717, 1.165) is 17.9 Å². The highest BCUT2D eigenvalue weighted by Crippen LogP contribution is 2.14. The van der Waals surface area contributed by atoms with Crippen molar-refractivity contribution in [2.75, 3.05) is 5.75 Å². The summed E-state index contributed by atoms with van der Waals surface area (Å²) in [6.07, 6.45) is 2.34. The SMILES string of the molecule is Cc1cccc(CSCCCn2c(=O)c3c(ncn3C)n(C)c2=O)c1. The Morgan fingerprint density at radius 3 is 2.76 bits per heavy atom. The third kappa shape index (κ3) is 3.56. The minimum absolute atomic E-state index is 0.262. The van der Waals surface area contributed by atoms with Gasteiger partial charge in [0.2, 0.25) is 0 Å². The first kappa shape index (κ1) is 17.5. The zero-order valence-electron chi connectivity index (χ0n) is 14.7. The van der Waals surface area contributed by atoms with Gasteiger partial charge in [0.05, 0.1) is 6.33 Å². The number of aryl methyl sites for hydroxylation is 3. The Balaban J connectivity index is 1.66. The molecule has 1 aromatic carbocycles. The van der Waals surface area contributed by atoms with Gasteiger partial charge in [-0.25, -0.2) is 9.78 Å². The van der Waals surface area contributed by atoms with E-state index < -0.39 is 0 Å². The van der Waals surface area contributed by atoms with Crippen molar-refractivity contribution < 1.29 is 0 Å². The lowest BCUT2D eigenvalue weighted by atomic mass is 10.2. The van der Waals surface area contributed by atoms with E-state index in [-0.39, 0.29) is 11.2 Å². The van der Waals surface area contributed by atoms with Crippen LogP contribution in [0, 0.1) is 6.92 Å². The Morgan fingerprint density at radius 2 is 2.00 bits per heavy atom. The number of aromatic nitrogens is 4. The van der Waals surface area contributed by atoms with Crippen LogP contribution in [0.2, 0.25) is 0 Å². The van der Waals surface area contributed by atoms with Crippen LogP contribution in [-0.2, 0) is 26.4 Å². The Labute approximate surface area is 150 Å². The summed E-state index contributed by atoms with van der Waals surface area (Å²) in [6, 6.07) is 8.46. The van der Waals surface area contributed by atoms with Gasteiger partial charge in [-0.05, 0) is 24.7 Å². The van der Waals surface area contributed by atoms with Crippen molar-refractivity contribution in [3.8, 4) is 0 Å². The average molecular weight is 358 g/mol. The molecule has 3 rings (SSSR count). The topological polar surface area (TPSA) is 61.8 Å². The molecule has 2 aromatic heterocycles. The second-order valence-corrected chi connectivity index (χ2v) is 7.33. The third-order valence-electron chi connectivity index (χ3n) is 4.22. The maximum atomic E-state index is 12.6. The highest BCUT2D eigenvalue weighted by atomic mass is 32.2. The van der Waals surface area contributed by atoms with Crippen LogP contribution in [0.4, 0.5) is 0 Å². The highest BCUT2D eigenvalue weighted by molar-refractivity contribution is 7.98. The summed E-state index contributed by atoms with van der Waals surface area (Å²) in [6.45, 7) is 2.51. The lowest BCUT2D eigenvalue weighted by Crippen LogP contribution is -2.39. The fourth-order valence-electron chi connectivity index (χ4n) is 2.91. The van der Waals surface area contributed by atoms with E-state index in [0.29, 0.717) is 17.7 Å². The maximum Gasteiger partial charge on any atom is 0.332 e. The van der Waals surface area contributed by atoms with Gasteiger partial charge in [0.25, 0.3) is 5.56 Å². The summed E-state index contributed by atoms with van der Waals surface area (Å²) in [5.74, 6) is 1.84. The Hall–Kier alpha value is -2.28. The lowest BCUT2D eigenvalue weighted by Gasteiger charge is -2.08. The van der Waals surface area contributed by atoms with Crippen LogP contribution in [0.5, 0.6) is 0 Å². The molecular weight excluding hydrogens is 336 g/mol. The van der Waals surface area contributed by atoms with E-state index in [1.807, 2.05) is 11.8 Å². The lowest BCUT2D eigenvalue weighted by molar-refractivity contribution is 0.594. The molecule has 0 bridgehead atoms. The van der Waals surface area contributed by atoms with Crippen molar-refractivity contribution in [3.63, 3.8) is 0 Å². The largest absolute Gasteiger partial charge is 0.332 e. The minimum atomic E-state index is -0.306. The van der Waals surface area contributed by atoms with E-state index >= 15 is 0 Å². The van der Waals surface area contributed by atoms with Crippen LogP contribution in [-0.4, -0.2) is 24.4 Å². The summed E-state index contributed by atoms with van der Waals surface area (Å²) >= 11 is 1.82. The van der Waals surface area contributed by atoms with Crippen molar-refractivity contribution in [1.82, 2.24) is 18.7 Å². The second-order valence-electron chi connectivity index (χ2n) is 6.22. The molecule has 0 aliphatic heterocycles. The highest BCUT2D eigenvalue weighted by Gasteiger charge is 2.14. The first-order valence-corrected chi connectivity index (χ1v) is 9.38. The van der Waals surface area contributed by atoms with E-state index in [9.17, 15) is 9.59 Å². The van der Waals surface area contributed by atoms with Crippen LogP contribution in [0.15, 0.2) is 40.2 Å². The number of fused-ring (bicyclic) bond motifs is 1. The number of thioether (sulfide) groups is 1. The van der Waals surface area contributed by atoms with Gasteiger partial charge in [-0.2, -0.15) is 11.8 Å². The second kappa shape index (κ2) is 7.31. The molecule has 0 unspecified atom stereocenters. The number of hydrogen-bond acceptors (Lipinski definition) is 4. The average Bonchev–Trinajstić information content (AvgIpc) is 2.97. The number of nitrogens with zero attached hydrogens (tertiary/aromatic N) is 4. The van der Waals surface area contributed by atoms with Gasteiger partial charge >= 0.3 is 5.69 Å². The fourth-order valence-corrected chi connectivity index (χ4v) is 3.80. The van der Waals surface area contributed by atoms with Crippen LogP contribution >= 0.6 is 11.8 Å². The van der Waals surface area contributed by atoms with E-state index in [2.05, 4.69) is 36.2 Å². The summed E-state index contributed by atoms with van der Waals surface area (Å²) in [7, 11) is 3.42. The van der Waals surface area contributed by atoms with Crippen LogP contribution in [0.25, 0.3) is 11.2 Å². The van der Waals surface area contributed by atoms with Crippen molar-refractivity contribution in [1.29, 1.82) is 0 Å². The molecule has 0 saturated heterocycles. The van der Waals surface area contributed by atoms with Gasteiger partial charge in [0.1, 0.15) is 0 Å². The minimum Gasteiger partial charge on any atom is -0.328 e. The Morgan fingerprint density at radius 1 is 1.20 bits per heavy atom. The normalized spacial score (nSPS) is 11.3. The van der Waals surface area contributed by atoms with E-state index in [1.165, 1.54) is 20.3 Å². The smallest absolute Gasteiger partial charge is 0.328 e. The predicted octanol–water partition coefficient (Wildman–Crippen LogP) is 2.07. The van der Waals surface area contributed by atoms with E-state index in [4.69, 9.17) is 0 Å². The first-order valence-electron chi connectivity index (χ1n) is 8.23. The molecule has 6 nitrogen and oxygen atoms in total. The molecule has 0 fully saturated rings. The van der Waals surface area contributed by atoms with Crippen molar-refractivity contribution >= 4 is 22.9 Å². The molecule has 0 saturated carbocycles. The van der Waals surface area contributed by atoms with Crippen LogP contribution < -0.4 is 11.2 Å². The zero-order valence-corrected chi connectivity index (χ0v) is 15.5. The molecule has 3 aromatic rings. The number of benzene rings is 1. The molecule has 0 aliphatic carbocycles. The molecule has 0 amide bonds. The van der Waals surface area contributed by atoms with Gasteiger partial charge in [-0.3, -0.25) is 13.9 Å². The van der Waals surface area contributed by atoms with Gasteiger partial charge in [-0.15, -0.1) is 0 Å². The summed E-state index contributed by atoms with van der Waals surface area (Å²) in [5.41, 5.74) is 2.89. The maximum absolute atomic E-state index is 12.6. The number of rotatable bonds is 6. The molecule has 25 heavy (non-hydrogen) atoms. The monoisotopic (exact) mass is 358 g/mol. The summed E-state index contributed by atoms with van der Waals surface area (Å²) in [5, 5.41) is 0. The van der Waals surface area contributed by atoms with Gasteiger partial charge in [0.15, 0.2) is 11.2 Å².